The molecule has 0 saturated carbocycles. The number of amides is 1. The van der Waals surface area contributed by atoms with Crippen molar-refractivity contribution < 1.29 is 14.7 Å². The lowest BCUT2D eigenvalue weighted by atomic mass is 10.1. The average molecular weight is 192 g/mol. The molecular formula is C10H10NO3-. The first-order valence-corrected chi connectivity index (χ1v) is 4.14. The number of carboxylic acid groups (broad SMARTS) is 1. The second kappa shape index (κ2) is 4.41. The van der Waals surface area contributed by atoms with Gasteiger partial charge in [0.1, 0.15) is 0 Å². The summed E-state index contributed by atoms with van der Waals surface area (Å²) in [6.45, 7) is 1.83. The Balaban J connectivity index is 2.64. The van der Waals surface area contributed by atoms with E-state index in [9.17, 15) is 14.7 Å². The first-order chi connectivity index (χ1) is 6.59. The smallest absolute Gasteiger partial charge is 0.217 e. The summed E-state index contributed by atoms with van der Waals surface area (Å²) >= 11 is 0. The Morgan fingerprint density at radius 2 is 1.86 bits per heavy atom. The molecule has 4 nitrogen and oxygen atoms in total. The van der Waals surface area contributed by atoms with Crippen molar-refractivity contribution in [1.82, 2.24) is 5.32 Å². The Hall–Kier alpha value is -1.84. The summed E-state index contributed by atoms with van der Waals surface area (Å²) in [4.78, 5) is 21.0. The van der Waals surface area contributed by atoms with Gasteiger partial charge in [0.25, 0.3) is 0 Å². The van der Waals surface area contributed by atoms with Crippen LogP contribution in [-0.4, -0.2) is 11.9 Å². The summed E-state index contributed by atoms with van der Waals surface area (Å²) in [5.41, 5.74) is 0.988. The van der Waals surface area contributed by atoms with Crippen LogP contribution in [0.2, 0.25) is 0 Å². The first kappa shape index (κ1) is 10.2. The third-order valence-electron chi connectivity index (χ3n) is 1.73. The number of nitrogens with one attached hydrogen (secondary N) is 1. The van der Waals surface area contributed by atoms with Gasteiger partial charge in [-0.2, -0.15) is 0 Å². The second-order valence-electron chi connectivity index (χ2n) is 2.89. The Bertz CT molecular complexity index is 343. The highest BCUT2D eigenvalue weighted by Crippen LogP contribution is 2.02. The molecule has 1 N–H and O–H groups in total. The van der Waals surface area contributed by atoms with Crippen LogP contribution in [-0.2, 0) is 11.3 Å². The van der Waals surface area contributed by atoms with E-state index >= 15 is 0 Å². The highest BCUT2D eigenvalue weighted by molar-refractivity contribution is 5.85. The highest BCUT2D eigenvalue weighted by atomic mass is 16.4. The minimum absolute atomic E-state index is 0.117. The van der Waals surface area contributed by atoms with E-state index in [0.29, 0.717) is 6.54 Å². The van der Waals surface area contributed by atoms with Gasteiger partial charge in [-0.1, -0.05) is 24.3 Å². The fraction of sp³-hybridized carbons (Fsp3) is 0.200. The van der Waals surface area contributed by atoms with Crippen LogP contribution in [0.5, 0.6) is 0 Å². The second-order valence-corrected chi connectivity index (χ2v) is 2.89. The minimum Gasteiger partial charge on any atom is -0.545 e. The minimum atomic E-state index is -1.20. The fourth-order valence-corrected chi connectivity index (χ4v) is 0.985. The molecule has 0 fully saturated rings. The molecular weight excluding hydrogens is 182 g/mol. The van der Waals surface area contributed by atoms with Crippen LogP contribution in [0.4, 0.5) is 0 Å². The van der Waals surface area contributed by atoms with Crippen molar-refractivity contribution in [3.05, 3.63) is 35.4 Å². The van der Waals surface area contributed by atoms with Crippen LogP contribution < -0.4 is 10.4 Å². The third kappa shape index (κ3) is 2.90. The van der Waals surface area contributed by atoms with Gasteiger partial charge in [0.05, 0.1) is 5.97 Å². The Morgan fingerprint density at radius 3 is 2.29 bits per heavy atom. The molecule has 0 aromatic heterocycles. The molecule has 0 saturated heterocycles. The van der Waals surface area contributed by atoms with E-state index < -0.39 is 5.97 Å². The summed E-state index contributed by atoms with van der Waals surface area (Å²) < 4.78 is 0. The lowest BCUT2D eigenvalue weighted by Gasteiger charge is -2.05. The molecule has 1 aromatic rings. The predicted octanol–water partition coefficient (Wildman–Crippen LogP) is -0.314. The van der Waals surface area contributed by atoms with Crippen molar-refractivity contribution in [3.63, 3.8) is 0 Å². The van der Waals surface area contributed by atoms with Crippen molar-refractivity contribution >= 4 is 11.9 Å². The Kier molecular flexibility index (Phi) is 3.23. The summed E-state index contributed by atoms with van der Waals surface area (Å²) in [6, 6.07) is 6.18. The standard InChI is InChI=1S/C10H11NO3/c1-7(12)11-6-8-2-4-9(5-3-8)10(13)14/h2-5H,6H2,1H3,(H,11,12)(H,13,14)/p-1. The molecule has 74 valence electrons. The molecule has 0 atom stereocenters. The van der Waals surface area contributed by atoms with Gasteiger partial charge in [-0.3, -0.25) is 4.79 Å². The number of carbonyl (C=O) groups is 2. The molecule has 0 aliphatic carbocycles. The largest absolute Gasteiger partial charge is 0.545 e. The van der Waals surface area contributed by atoms with Crippen molar-refractivity contribution in [2.75, 3.05) is 0 Å². The molecule has 1 aromatic carbocycles. The molecule has 1 amide bonds. The molecule has 0 aliphatic rings. The van der Waals surface area contributed by atoms with E-state index in [1.54, 1.807) is 12.1 Å². The molecule has 4 heteroatoms. The van der Waals surface area contributed by atoms with E-state index in [4.69, 9.17) is 0 Å². The Labute approximate surface area is 81.6 Å². The van der Waals surface area contributed by atoms with E-state index in [-0.39, 0.29) is 11.5 Å². The molecule has 0 unspecified atom stereocenters. The van der Waals surface area contributed by atoms with Crippen LogP contribution in [0.1, 0.15) is 22.8 Å². The maximum absolute atomic E-state index is 10.6. The molecule has 1 rings (SSSR count). The van der Waals surface area contributed by atoms with E-state index in [1.807, 2.05) is 0 Å². The van der Waals surface area contributed by atoms with Crippen LogP contribution in [0.3, 0.4) is 0 Å². The zero-order chi connectivity index (χ0) is 10.6. The zero-order valence-electron chi connectivity index (χ0n) is 7.74. The maximum Gasteiger partial charge on any atom is 0.217 e. The first-order valence-electron chi connectivity index (χ1n) is 4.14. The maximum atomic E-state index is 10.6. The van der Waals surface area contributed by atoms with Gasteiger partial charge in [0, 0.05) is 13.5 Å². The molecule has 0 spiro atoms. The highest BCUT2D eigenvalue weighted by Gasteiger charge is 1.96. The number of carboxylic acids is 1. The fourth-order valence-electron chi connectivity index (χ4n) is 0.985. The van der Waals surface area contributed by atoms with Crippen LogP contribution in [0, 0.1) is 0 Å². The van der Waals surface area contributed by atoms with Gasteiger partial charge in [0.15, 0.2) is 0 Å². The summed E-state index contributed by atoms with van der Waals surface area (Å²) in [5, 5.41) is 13.0. The van der Waals surface area contributed by atoms with Crippen molar-refractivity contribution in [1.29, 1.82) is 0 Å². The van der Waals surface area contributed by atoms with Crippen LogP contribution in [0.25, 0.3) is 0 Å². The molecule has 0 aliphatic heterocycles. The molecule has 0 heterocycles. The molecule has 0 radical (unpaired) electrons. The van der Waals surface area contributed by atoms with Gasteiger partial charge in [-0.05, 0) is 11.1 Å². The SMILES string of the molecule is CC(=O)NCc1ccc(C(=O)[O-])cc1. The van der Waals surface area contributed by atoms with Crippen molar-refractivity contribution in [2.24, 2.45) is 0 Å². The van der Waals surface area contributed by atoms with E-state index in [2.05, 4.69) is 5.32 Å². The molecule has 0 bridgehead atoms. The summed E-state index contributed by atoms with van der Waals surface area (Å²) in [6.07, 6.45) is 0. The third-order valence-corrected chi connectivity index (χ3v) is 1.73. The lowest BCUT2D eigenvalue weighted by molar-refractivity contribution is -0.255. The van der Waals surface area contributed by atoms with Gasteiger partial charge in [0.2, 0.25) is 5.91 Å². The van der Waals surface area contributed by atoms with Gasteiger partial charge in [-0.25, -0.2) is 0 Å². The zero-order valence-corrected chi connectivity index (χ0v) is 7.74. The van der Waals surface area contributed by atoms with E-state index in [1.165, 1.54) is 19.1 Å². The van der Waals surface area contributed by atoms with Crippen molar-refractivity contribution in [2.45, 2.75) is 13.5 Å². The normalized spacial score (nSPS) is 9.50. The number of hydrogen-bond acceptors (Lipinski definition) is 3. The van der Waals surface area contributed by atoms with Gasteiger partial charge >= 0.3 is 0 Å². The van der Waals surface area contributed by atoms with Crippen LogP contribution in [0.15, 0.2) is 24.3 Å². The van der Waals surface area contributed by atoms with Crippen LogP contribution >= 0.6 is 0 Å². The van der Waals surface area contributed by atoms with Crippen molar-refractivity contribution in [3.8, 4) is 0 Å². The summed E-state index contributed by atoms with van der Waals surface area (Å²) in [7, 11) is 0. The van der Waals surface area contributed by atoms with Gasteiger partial charge < -0.3 is 15.2 Å². The monoisotopic (exact) mass is 192 g/mol. The topological polar surface area (TPSA) is 69.2 Å². The van der Waals surface area contributed by atoms with E-state index in [0.717, 1.165) is 5.56 Å². The summed E-state index contributed by atoms with van der Waals surface area (Å²) in [5.74, 6) is -1.31. The number of hydrogen-bond donors (Lipinski definition) is 1. The van der Waals surface area contributed by atoms with Gasteiger partial charge in [-0.15, -0.1) is 0 Å². The predicted molar refractivity (Wildman–Crippen MR) is 48.3 cm³/mol. The Morgan fingerprint density at radius 1 is 1.29 bits per heavy atom. The number of aromatic carboxylic acids is 1. The number of carbonyl (C=O) groups excluding carboxylic acids is 2. The number of rotatable bonds is 3. The number of benzene rings is 1. The quantitative estimate of drug-likeness (QED) is 0.714. The lowest BCUT2D eigenvalue weighted by Crippen LogP contribution is -2.22. The average Bonchev–Trinajstić information content (AvgIpc) is 2.15. The molecule has 14 heavy (non-hydrogen) atoms.